The second kappa shape index (κ2) is 3.07. The number of nitrogens with two attached hydrogens (primary N) is 1. The summed E-state index contributed by atoms with van der Waals surface area (Å²) in [5.41, 5.74) is 6.48. The Labute approximate surface area is 69.5 Å². The molecule has 0 aliphatic carbocycles. The van der Waals surface area contributed by atoms with Crippen LogP contribution in [0, 0.1) is 6.92 Å². The van der Waals surface area contributed by atoms with Crippen LogP contribution in [0.15, 0.2) is 18.3 Å². The molecule has 1 heterocycles. The van der Waals surface area contributed by atoms with Crippen molar-refractivity contribution in [1.82, 2.24) is 3.97 Å². The van der Waals surface area contributed by atoms with Crippen molar-refractivity contribution in [3.63, 3.8) is 0 Å². The number of thiocarbonyl (C=S) groups is 1. The molecule has 0 radical (unpaired) electrons. The molecule has 4 heteroatoms. The Bertz CT molecular complexity index is 242. The van der Waals surface area contributed by atoms with Gasteiger partial charge in [0.2, 0.25) is 0 Å². The van der Waals surface area contributed by atoms with Gasteiger partial charge in [0, 0.05) is 23.8 Å². The van der Waals surface area contributed by atoms with E-state index in [4.69, 9.17) is 18.0 Å². The second-order valence-electron chi connectivity index (χ2n) is 1.89. The maximum absolute atomic E-state index is 5.33. The summed E-state index contributed by atoms with van der Waals surface area (Å²) in [5, 5.41) is 0. The molecule has 10 heavy (non-hydrogen) atoms. The summed E-state index contributed by atoms with van der Waals surface area (Å²) in [6.45, 7) is 2.01. The van der Waals surface area contributed by atoms with Crippen molar-refractivity contribution in [2.24, 2.45) is 5.73 Å². The number of rotatable bonds is 1. The molecule has 1 rings (SSSR count). The Morgan fingerprint density at radius 3 is 2.90 bits per heavy atom. The van der Waals surface area contributed by atoms with Gasteiger partial charge in [-0.05, 0) is 19.1 Å². The minimum atomic E-state index is 0.444. The largest absolute Gasteiger partial charge is 0.383 e. The first-order valence-corrected chi connectivity index (χ1v) is 4.00. The molecule has 0 aliphatic rings. The van der Waals surface area contributed by atoms with E-state index >= 15 is 0 Å². The maximum Gasteiger partial charge on any atom is 0.152 e. The van der Waals surface area contributed by atoms with Gasteiger partial charge in [-0.25, -0.2) is 0 Å². The van der Waals surface area contributed by atoms with E-state index in [-0.39, 0.29) is 0 Å². The highest BCUT2D eigenvalue weighted by molar-refractivity contribution is 8.21. The lowest BCUT2D eigenvalue weighted by Gasteiger charge is -2.00. The molecule has 0 bridgehead atoms. The molecule has 0 saturated carbocycles. The van der Waals surface area contributed by atoms with Gasteiger partial charge in [-0.3, -0.25) is 3.97 Å². The zero-order valence-electron chi connectivity index (χ0n) is 5.57. The topological polar surface area (TPSA) is 30.9 Å². The van der Waals surface area contributed by atoms with Crippen molar-refractivity contribution in [3.8, 4) is 0 Å². The van der Waals surface area contributed by atoms with Crippen molar-refractivity contribution < 1.29 is 0 Å². The van der Waals surface area contributed by atoms with Crippen molar-refractivity contribution in [1.29, 1.82) is 0 Å². The molecule has 0 unspecified atom stereocenters. The molecule has 0 amide bonds. The lowest BCUT2D eigenvalue weighted by molar-refractivity contribution is 1.18. The van der Waals surface area contributed by atoms with Crippen molar-refractivity contribution in [2.75, 3.05) is 0 Å². The Morgan fingerprint density at radius 1 is 1.80 bits per heavy atom. The normalized spacial score (nSPS) is 9.70. The maximum atomic E-state index is 5.33. The van der Waals surface area contributed by atoms with Crippen LogP contribution in [-0.4, -0.2) is 8.29 Å². The van der Waals surface area contributed by atoms with Crippen molar-refractivity contribution >= 4 is 28.5 Å². The van der Waals surface area contributed by atoms with Gasteiger partial charge in [0.05, 0.1) is 0 Å². The smallest absolute Gasteiger partial charge is 0.152 e. The summed E-state index contributed by atoms with van der Waals surface area (Å²) in [5.74, 6) is 0. The average Bonchev–Trinajstić information content (AvgIpc) is 2.15. The standard InChI is InChI=1S/C6H8N2S2/c1-5-3-2-4-8(5)10-6(7)9/h2-4H,1H3,(H2,7,9). The van der Waals surface area contributed by atoms with Crippen LogP contribution in [0.2, 0.25) is 0 Å². The van der Waals surface area contributed by atoms with Crippen LogP contribution in [0.5, 0.6) is 0 Å². The number of aryl methyl sites for hydroxylation is 1. The molecule has 2 N–H and O–H groups in total. The van der Waals surface area contributed by atoms with Crippen LogP contribution in [0.4, 0.5) is 0 Å². The molecular weight excluding hydrogens is 164 g/mol. The fourth-order valence-corrected chi connectivity index (χ4v) is 1.42. The summed E-state index contributed by atoms with van der Waals surface area (Å²) < 4.78 is 2.38. The fourth-order valence-electron chi connectivity index (χ4n) is 0.651. The zero-order chi connectivity index (χ0) is 7.56. The van der Waals surface area contributed by atoms with E-state index in [1.165, 1.54) is 11.9 Å². The highest BCUT2D eigenvalue weighted by Crippen LogP contribution is 2.10. The molecule has 0 aromatic carbocycles. The minimum absolute atomic E-state index is 0.444. The third kappa shape index (κ3) is 1.75. The van der Waals surface area contributed by atoms with E-state index in [1.54, 1.807) is 0 Å². The monoisotopic (exact) mass is 172 g/mol. The van der Waals surface area contributed by atoms with Crippen LogP contribution in [0.3, 0.4) is 0 Å². The molecule has 0 saturated heterocycles. The SMILES string of the molecule is Cc1cccn1SC(N)=S. The molecule has 0 aliphatic heterocycles. The summed E-state index contributed by atoms with van der Waals surface area (Å²) in [6, 6.07) is 3.96. The number of nitrogens with zero attached hydrogens (tertiary/aromatic N) is 1. The molecule has 2 nitrogen and oxygen atoms in total. The molecular formula is C6H8N2S2. The lowest BCUT2D eigenvalue weighted by Crippen LogP contribution is -2.05. The number of aromatic nitrogens is 1. The summed E-state index contributed by atoms with van der Waals surface area (Å²) in [7, 11) is 0. The van der Waals surface area contributed by atoms with Crippen LogP contribution in [0.25, 0.3) is 0 Å². The zero-order valence-corrected chi connectivity index (χ0v) is 7.21. The van der Waals surface area contributed by atoms with Crippen molar-refractivity contribution in [3.05, 3.63) is 24.0 Å². The molecule has 0 spiro atoms. The van der Waals surface area contributed by atoms with Crippen LogP contribution < -0.4 is 5.73 Å². The lowest BCUT2D eigenvalue weighted by atomic mass is 10.5. The second-order valence-corrected chi connectivity index (χ2v) is 3.60. The summed E-state index contributed by atoms with van der Waals surface area (Å²) >= 11 is 6.08. The quantitative estimate of drug-likeness (QED) is 0.652. The average molecular weight is 172 g/mol. The van der Waals surface area contributed by atoms with Gasteiger partial charge >= 0.3 is 0 Å². The van der Waals surface area contributed by atoms with Gasteiger partial charge < -0.3 is 5.73 Å². The van der Waals surface area contributed by atoms with E-state index < -0.39 is 0 Å². The summed E-state index contributed by atoms with van der Waals surface area (Å²) in [6.07, 6.45) is 1.93. The van der Waals surface area contributed by atoms with E-state index in [0.717, 1.165) is 5.69 Å². The van der Waals surface area contributed by atoms with Crippen LogP contribution in [-0.2, 0) is 0 Å². The third-order valence-corrected chi connectivity index (χ3v) is 2.10. The first-order valence-electron chi connectivity index (χ1n) is 2.82. The van der Waals surface area contributed by atoms with E-state index in [0.29, 0.717) is 4.32 Å². The number of hydrogen-bond donors (Lipinski definition) is 1. The van der Waals surface area contributed by atoms with Crippen LogP contribution >= 0.6 is 24.2 Å². The van der Waals surface area contributed by atoms with E-state index in [2.05, 4.69) is 0 Å². The summed E-state index contributed by atoms with van der Waals surface area (Å²) in [4.78, 5) is 0. The van der Waals surface area contributed by atoms with E-state index in [9.17, 15) is 0 Å². The highest BCUT2D eigenvalue weighted by Gasteiger charge is 1.95. The Morgan fingerprint density at radius 2 is 2.50 bits per heavy atom. The first-order chi connectivity index (χ1) is 4.70. The molecule has 1 aromatic heterocycles. The van der Waals surface area contributed by atoms with Gasteiger partial charge in [-0.1, -0.05) is 12.2 Å². The predicted octanol–water partition coefficient (Wildman–Crippen LogP) is 1.54. The Hall–Kier alpha value is -0.480. The van der Waals surface area contributed by atoms with Gasteiger partial charge in [0.25, 0.3) is 0 Å². The molecule has 54 valence electrons. The van der Waals surface area contributed by atoms with Crippen LogP contribution in [0.1, 0.15) is 5.69 Å². The van der Waals surface area contributed by atoms with Gasteiger partial charge in [0.15, 0.2) is 4.32 Å². The highest BCUT2D eigenvalue weighted by atomic mass is 32.2. The Balaban J connectivity index is 2.74. The molecule has 1 aromatic rings. The predicted molar refractivity (Wildman–Crippen MR) is 48.9 cm³/mol. The van der Waals surface area contributed by atoms with Gasteiger partial charge in [-0.2, -0.15) is 0 Å². The molecule has 0 atom stereocenters. The number of hydrogen-bond acceptors (Lipinski definition) is 2. The fraction of sp³-hybridized carbons (Fsp3) is 0.167. The van der Waals surface area contributed by atoms with Gasteiger partial charge in [-0.15, -0.1) is 0 Å². The van der Waals surface area contributed by atoms with Gasteiger partial charge in [0.1, 0.15) is 0 Å². The first kappa shape index (κ1) is 7.63. The molecule has 0 fully saturated rings. The van der Waals surface area contributed by atoms with E-state index in [1.807, 2.05) is 29.2 Å². The minimum Gasteiger partial charge on any atom is -0.383 e. The third-order valence-electron chi connectivity index (χ3n) is 1.09. The Kier molecular flexibility index (Phi) is 2.34. The van der Waals surface area contributed by atoms with Crippen molar-refractivity contribution in [2.45, 2.75) is 6.92 Å².